The van der Waals surface area contributed by atoms with Gasteiger partial charge in [-0.1, -0.05) is 328 Å². The van der Waals surface area contributed by atoms with Crippen molar-refractivity contribution in [2.24, 2.45) is 0 Å². The van der Waals surface area contributed by atoms with E-state index in [-0.39, 0.29) is 0 Å². The van der Waals surface area contributed by atoms with Crippen LogP contribution in [-0.4, -0.2) is 18.3 Å². The quantitative estimate of drug-likeness (QED) is 0.123. The van der Waals surface area contributed by atoms with Crippen molar-refractivity contribution in [3.05, 3.63) is 449 Å². The molecule has 0 N–H and O–H groups in total. The molecule has 0 unspecified atom stereocenters. The Kier molecular flexibility index (Phi) is 16.2. The van der Waals surface area contributed by atoms with Crippen LogP contribution >= 0.6 is 0 Å². The smallest absolute Gasteiger partial charge is 0.0547 e. The standard InChI is InChI=1S/C58H38N2.C56H36N2/c1-3-12-39(13-4-1)43-16-11-17-49(35-43)60-55-20-9-7-18-51(55)53-32-29-48(38-58(53)60)42-24-22-41(23-25-42)47-30-33-57-54(37-47)52-19-8-10-21-56(52)59(57)50-31-28-45-34-44(26-27-46(45)36-50)40-14-5-2-6-15-40;1-2-10-37(11-3-1)42-22-23-44-34-47(29-25-43(44)32-42)57-54-17-9-7-15-50(54)52-35-45(27-31-55(52)57)39-18-20-40(21-19-39)46-26-30-51-49-14-6-8-16-53(49)58(56(51)36-46)48-28-24-38-12-4-5-13-41(38)33-48/h1-38H;1-36H. The van der Waals surface area contributed by atoms with E-state index in [4.69, 9.17) is 0 Å². The molecule has 4 aromatic heterocycles. The Morgan fingerprint density at radius 2 is 0.339 bits per heavy atom. The molecule has 0 bridgehead atoms. The van der Waals surface area contributed by atoms with Crippen LogP contribution in [-0.2, 0) is 0 Å². The van der Waals surface area contributed by atoms with Gasteiger partial charge in [0, 0.05) is 65.8 Å². The van der Waals surface area contributed by atoms with Crippen molar-refractivity contribution < 1.29 is 0 Å². The summed E-state index contributed by atoms with van der Waals surface area (Å²) in [5.74, 6) is 0. The van der Waals surface area contributed by atoms with Gasteiger partial charge in [0.1, 0.15) is 0 Å². The molecule has 0 aliphatic heterocycles. The second-order valence-corrected chi connectivity index (χ2v) is 31.2. The lowest BCUT2D eigenvalue weighted by molar-refractivity contribution is 1.18. The summed E-state index contributed by atoms with van der Waals surface area (Å²) in [5.41, 5.74) is 31.3. The highest BCUT2D eigenvalue weighted by Gasteiger charge is 2.21. The summed E-state index contributed by atoms with van der Waals surface area (Å²) in [5, 5.41) is 17.5. The maximum atomic E-state index is 2.42. The Morgan fingerprint density at radius 1 is 0.102 bits per heavy atom. The summed E-state index contributed by atoms with van der Waals surface area (Å²) in [6.45, 7) is 0. The molecule has 0 atom stereocenters. The minimum Gasteiger partial charge on any atom is -0.309 e. The molecular formula is C114H74N4. The second-order valence-electron chi connectivity index (χ2n) is 31.2. The topological polar surface area (TPSA) is 19.7 Å². The summed E-state index contributed by atoms with van der Waals surface area (Å²) < 4.78 is 9.66. The second kappa shape index (κ2) is 28.2. The number of fused-ring (bicyclic) bond motifs is 15. The van der Waals surface area contributed by atoms with Gasteiger partial charge in [-0.2, -0.15) is 0 Å². The summed E-state index contributed by atoms with van der Waals surface area (Å²) >= 11 is 0. The zero-order valence-electron chi connectivity index (χ0n) is 64.5. The maximum Gasteiger partial charge on any atom is 0.0547 e. The highest BCUT2D eigenvalue weighted by atomic mass is 15.0. The summed E-state index contributed by atoms with van der Waals surface area (Å²) in [7, 11) is 0. The van der Waals surface area contributed by atoms with Crippen LogP contribution in [0.3, 0.4) is 0 Å². The third-order valence-corrected chi connectivity index (χ3v) is 24.4. The van der Waals surface area contributed by atoms with Gasteiger partial charge in [-0.05, 0) is 232 Å². The monoisotopic (exact) mass is 1500 g/mol. The number of para-hydroxylation sites is 4. The SMILES string of the molecule is c1ccc(-c2ccc3cc(-n4c5ccccc5c5cc(-c6ccc(-c7ccc8c9ccccc9n(-c9ccc%10ccccc%10c9)c8c7)cc6)ccc54)ccc3c2)cc1.c1ccc(-c2cccc(-n3c4ccccc4c4ccc(-c5ccc(-c6ccc7c(c6)c6ccccc6n7-c6ccc7cc(-c8ccccc8)ccc7c6)cc5)cc43)c2)cc1. The number of hydrogen-bond donors (Lipinski definition) is 0. The molecule has 0 spiro atoms. The Bertz CT molecular complexity index is 8080. The summed E-state index contributed by atoms with van der Waals surface area (Å²) in [6.07, 6.45) is 0. The highest BCUT2D eigenvalue weighted by Crippen LogP contribution is 2.43. The first-order chi connectivity index (χ1) is 58.5. The third-order valence-electron chi connectivity index (χ3n) is 24.4. The molecule has 0 aliphatic rings. The van der Waals surface area contributed by atoms with Gasteiger partial charge in [0.25, 0.3) is 0 Å². The number of aromatic nitrogens is 4. The van der Waals surface area contributed by atoms with Crippen LogP contribution in [0, 0.1) is 0 Å². The predicted octanol–water partition coefficient (Wildman–Crippen LogP) is 30.9. The lowest BCUT2D eigenvalue weighted by Gasteiger charge is -2.12. The molecule has 20 aromatic carbocycles. The van der Waals surface area contributed by atoms with Crippen molar-refractivity contribution in [3.8, 4) is 101 Å². The van der Waals surface area contributed by atoms with Crippen molar-refractivity contribution in [1.82, 2.24) is 18.3 Å². The highest BCUT2D eigenvalue weighted by molar-refractivity contribution is 6.15. The van der Waals surface area contributed by atoms with Gasteiger partial charge in [-0.3, -0.25) is 0 Å². The number of rotatable bonds is 11. The van der Waals surface area contributed by atoms with Crippen LogP contribution < -0.4 is 0 Å². The van der Waals surface area contributed by atoms with Crippen LogP contribution in [0.25, 0.3) is 220 Å². The largest absolute Gasteiger partial charge is 0.309 e. The number of benzene rings is 20. The van der Waals surface area contributed by atoms with Crippen molar-refractivity contribution in [3.63, 3.8) is 0 Å². The number of nitrogens with zero attached hydrogens (tertiary/aromatic N) is 4. The average Bonchev–Trinajstić information content (AvgIpc) is 1.60. The lowest BCUT2D eigenvalue weighted by Crippen LogP contribution is -1.94. The van der Waals surface area contributed by atoms with Crippen LogP contribution in [0.2, 0.25) is 0 Å². The number of hydrogen-bond acceptors (Lipinski definition) is 0. The molecule has 0 radical (unpaired) electrons. The fourth-order valence-corrected chi connectivity index (χ4v) is 18.6. The Morgan fingerprint density at radius 3 is 0.754 bits per heavy atom. The van der Waals surface area contributed by atoms with Crippen molar-refractivity contribution in [2.45, 2.75) is 0 Å². The fourth-order valence-electron chi connectivity index (χ4n) is 18.6. The maximum absolute atomic E-state index is 2.42. The fraction of sp³-hybridized carbons (Fsp3) is 0. The minimum absolute atomic E-state index is 1.16. The van der Waals surface area contributed by atoms with E-state index in [1.165, 1.54) is 209 Å². The van der Waals surface area contributed by atoms with Gasteiger partial charge in [-0.25, -0.2) is 0 Å². The van der Waals surface area contributed by atoms with Crippen LogP contribution in [0.1, 0.15) is 0 Å². The molecule has 0 amide bonds. The van der Waals surface area contributed by atoms with Gasteiger partial charge in [-0.15, -0.1) is 0 Å². The van der Waals surface area contributed by atoms with E-state index in [0.717, 1.165) is 11.4 Å². The zero-order valence-corrected chi connectivity index (χ0v) is 64.5. The zero-order chi connectivity index (χ0) is 77.7. The molecule has 0 saturated carbocycles. The first-order valence-electron chi connectivity index (χ1n) is 40.7. The molecule has 4 nitrogen and oxygen atoms in total. The first kappa shape index (κ1) is 68.0. The van der Waals surface area contributed by atoms with E-state index in [9.17, 15) is 0 Å². The van der Waals surface area contributed by atoms with Crippen molar-refractivity contribution in [2.75, 3.05) is 0 Å². The average molecular weight is 1500 g/mol. The van der Waals surface area contributed by atoms with E-state index in [2.05, 4.69) is 467 Å². The minimum atomic E-state index is 1.16. The molecular weight excluding hydrogens is 1430 g/mol. The van der Waals surface area contributed by atoms with Gasteiger partial charge in [0.2, 0.25) is 0 Å². The Balaban J connectivity index is 0.000000138. The molecule has 4 heteroatoms. The van der Waals surface area contributed by atoms with Crippen LogP contribution in [0.15, 0.2) is 449 Å². The molecule has 0 fully saturated rings. The third kappa shape index (κ3) is 11.8. The van der Waals surface area contributed by atoms with Gasteiger partial charge >= 0.3 is 0 Å². The molecule has 0 aliphatic carbocycles. The van der Waals surface area contributed by atoms with Gasteiger partial charge in [0.05, 0.1) is 44.1 Å². The van der Waals surface area contributed by atoms with Crippen molar-refractivity contribution >= 4 is 120 Å². The van der Waals surface area contributed by atoms with Gasteiger partial charge < -0.3 is 18.3 Å². The van der Waals surface area contributed by atoms with E-state index < -0.39 is 0 Å². The molecule has 550 valence electrons. The van der Waals surface area contributed by atoms with Gasteiger partial charge in [0.15, 0.2) is 0 Å². The van der Waals surface area contributed by atoms with E-state index >= 15 is 0 Å². The van der Waals surface area contributed by atoms with E-state index in [1.807, 2.05) is 0 Å². The van der Waals surface area contributed by atoms with Crippen LogP contribution in [0.4, 0.5) is 0 Å². The summed E-state index contributed by atoms with van der Waals surface area (Å²) in [4.78, 5) is 0. The molecule has 4 heterocycles. The lowest BCUT2D eigenvalue weighted by atomic mass is 9.98. The Hall–Kier alpha value is -15.6. The van der Waals surface area contributed by atoms with E-state index in [1.54, 1.807) is 0 Å². The summed E-state index contributed by atoms with van der Waals surface area (Å²) in [6, 6.07) is 164. The van der Waals surface area contributed by atoms with Crippen molar-refractivity contribution in [1.29, 1.82) is 0 Å². The van der Waals surface area contributed by atoms with E-state index in [0.29, 0.717) is 0 Å². The normalized spacial score (nSPS) is 11.7. The molecule has 118 heavy (non-hydrogen) atoms. The molecule has 24 aromatic rings. The van der Waals surface area contributed by atoms with Crippen LogP contribution in [0.5, 0.6) is 0 Å². The Labute approximate surface area is 682 Å². The first-order valence-corrected chi connectivity index (χ1v) is 40.7. The molecule has 0 saturated heterocycles. The molecule has 24 rings (SSSR count). The predicted molar refractivity (Wildman–Crippen MR) is 501 cm³/mol.